The maximum absolute atomic E-state index is 12.7. The van der Waals surface area contributed by atoms with E-state index in [0.29, 0.717) is 10.8 Å². The SMILES string of the molecule is COc1c(C(=O)O)nc(C(C)C(c2cnc(C)nc2)c2ccccc2Cl)n(C)c1=O. The molecule has 0 aliphatic carbocycles. The summed E-state index contributed by atoms with van der Waals surface area (Å²) in [4.78, 5) is 37.3. The summed E-state index contributed by atoms with van der Waals surface area (Å²) in [5.41, 5.74) is 0.550. The second kappa shape index (κ2) is 8.62. The Hall–Kier alpha value is -3.26. The molecule has 2 atom stereocenters. The van der Waals surface area contributed by atoms with Gasteiger partial charge < -0.3 is 9.84 Å². The highest BCUT2D eigenvalue weighted by molar-refractivity contribution is 6.31. The van der Waals surface area contributed by atoms with Crippen LogP contribution < -0.4 is 10.3 Å². The Balaban J connectivity index is 2.25. The minimum Gasteiger partial charge on any atom is -0.489 e. The van der Waals surface area contributed by atoms with Gasteiger partial charge in [0.1, 0.15) is 11.6 Å². The number of ether oxygens (including phenoxy) is 1. The first-order chi connectivity index (χ1) is 14.3. The van der Waals surface area contributed by atoms with Crippen LogP contribution in [0.25, 0.3) is 0 Å². The van der Waals surface area contributed by atoms with E-state index in [1.165, 1.54) is 18.7 Å². The monoisotopic (exact) mass is 428 g/mol. The zero-order chi connectivity index (χ0) is 22.0. The second-order valence-corrected chi connectivity index (χ2v) is 7.28. The van der Waals surface area contributed by atoms with Crippen LogP contribution in [0.5, 0.6) is 5.75 Å². The van der Waals surface area contributed by atoms with Gasteiger partial charge in [-0.2, -0.15) is 0 Å². The number of carboxylic acids is 1. The number of benzene rings is 1. The number of aryl methyl sites for hydroxylation is 1. The lowest BCUT2D eigenvalue weighted by molar-refractivity contribution is 0.0685. The smallest absolute Gasteiger partial charge is 0.358 e. The van der Waals surface area contributed by atoms with Gasteiger partial charge in [-0.25, -0.2) is 19.7 Å². The molecule has 0 saturated heterocycles. The fraction of sp³-hybridized carbons (Fsp3) is 0.286. The highest BCUT2D eigenvalue weighted by Gasteiger charge is 2.31. The van der Waals surface area contributed by atoms with E-state index in [1.807, 2.05) is 25.1 Å². The lowest BCUT2D eigenvalue weighted by Gasteiger charge is -2.26. The van der Waals surface area contributed by atoms with Crippen LogP contribution in [0.15, 0.2) is 41.5 Å². The fourth-order valence-electron chi connectivity index (χ4n) is 3.51. The Kier molecular flexibility index (Phi) is 6.17. The van der Waals surface area contributed by atoms with E-state index in [-0.39, 0.29) is 17.5 Å². The maximum Gasteiger partial charge on any atom is 0.358 e. The van der Waals surface area contributed by atoms with Crippen LogP contribution in [0.1, 0.15) is 52.0 Å². The van der Waals surface area contributed by atoms with Crippen LogP contribution >= 0.6 is 11.6 Å². The third-order valence-electron chi connectivity index (χ3n) is 5.00. The first-order valence-corrected chi connectivity index (χ1v) is 9.55. The van der Waals surface area contributed by atoms with E-state index in [0.717, 1.165) is 11.1 Å². The van der Waals surface area contributed by atoms with Gasteiger partial charge in [0.2, 0.25) is 5.75 Å². The summed E-state index contributed by atoms with van der Waals surface area (Å²) in [7, 11) is 2.77. The van der Waals surface area contributed by atoms with Crippen molar-refractivity contribution in [2.24, 2.45) is 7.05 Å². The van der Waals surface area contributed by atoms with E-state index >= 15 is 0 Å². The Bertz CT molecular complexity index is 1140. The number of hydrogen-bond acceptors (Lipinski definition) is 6. The van der Waals surface area contributed by atoms with Crippen molar-refractivity contribution in [1.82, 2.24) is 19.5 Å². The van der Waals surface area contributed by atoms with Crippen LogP contribution in [0.4, 0.5) is 0 Å². The molecule has 0 radical (unpaired) electrons. The molecule has 3 aromatic rings. The summed E-state index contributed by atoms with van der Waals surface area (Å²) < 4.78 is 6.30. The molecule has 3 rings (SSSR count). The summed E-state index contributed by atoms with van der Waals surface area (Å²) in [6, 6.07) is 7.33. The number of methoxy groups -OCH3 is 1. The predicted octanol–water partition coefficient (Wildman–Crippen LogP) is 3.17. The molecule has 2 unspecified atom stereocenters. The minimum atomic E-state index is -1.34. The average Bonchev–Trinajstić information content (AvgIpc) is 2.72. The van der Waals surface area contributed by atoms with Crippen molar-refractivity contribution in [1.29, 1.82) is 0 Å². The Morgan fingerprint density at radius 1 is 1.23 bits per heavy atom. The van der Waals surface area contributed by atoms with Crippen LogP contribution in [0.2, 0.25) is 5.02 Å². The molecule has 30 heavy (non-hydrogen) atoms. The van der Waals surface area contributed by atoms with Gasteiger partial charge >= 0.3 is 5.97 Å². The summed E-state index contributed by atoms with van der Waals surface area (Å²) in [5, 5.41) is 10.1. The zero-order valence-corrected chi connectivity index (χ0v) is 17.7. The average molecular weight is 429 g/mol. The topological polar surface area (TPSA) is 107 Å². The minimum absolute atomic E-state index is 0.281. The Morgan fingerprint density at radius 3 is 2.43 bits per heavy atom. The number of hydrogen-bond donors (Lipinski definition) is 1. The van der Waals surface area contributed by atoms with Gasteiger partial charge in [-0.05, 0) is 24.1 Å². The number of halogens is 1. The number of carbonyl (C=O) groups is 1. The molecule has 1 N–H and O–H groups in total. The van der Waals surface area contributed by atoms with Crippen molar-refractivity contribution in [3.05, 3.63) is 80.5 Å². The van der Waals surface area contributed by atoms with Gasteiger partial charge in [-0.1, -0.05) is 36.7 Å². The van der Waals surface area contributed by atoms with Crippen molar-refractivity contribution in [2.45, 2.75) is 25.7 Å². The molecule has 156 valence electrons. The van der Waals surface area contributed by atoms with E-state index in [4.69, 9.17) is 16.3 Å². The van der Waals surface area contributed by atoms with E-state index in [2.05, 4.69) is 15.0 Å². The van der Waals surface area contributed by atoms with Crippen molar-refractivity contribution in [2.75, 3.05) is 7.11 Å². The summed E-state index contributed by atoms with van der Waals surface area (Å²) >= 11 is 6.49. The lowest BCUT2D eigenvalue weighted by Crippen LogP contribution is -2.29. The van der Waals surface area contributed by atoms with Crippen LogP contribution in [0.3, 0.4) is 0 Å². The second-order valence-electron chi connectivity index (χ2n) is 6.87. The van der Waals surface area contributed by atoms with Crippen molar-refractivity contribution >= 4 is 17.6 Å². The molecule has 9 heteroatoms. The first-order valence-electron chi connectivity index (χ1n) is 9.17. The van der Waals surface area contributed by atoms with Gasteiger partial charge in [0, 0.05) is 36.3 Å². The standard InChI is InChI=1S/C21H21ClN4O4/c1-11(19-25-17(21(28)29)18(30-4)20(27)26(19)3)16(13-9-23-12(2)24-10-13)14-7-5-6-8-15(14)22/h5-11,16H,1-4H3,(H,28,29). The molecular weight excluding hydrogens is 408 g/mol. The predicted molar refractivity (Wildman–Crippen MR) is 111 cm³/mol. The molecule has 0 amide bonds. The third kappa shape index (κ3) is 3.91. The van der Waals surface area contributed by atoms with Crippen molar-refractivity contribution < 1.29 is 14.6 Å². The van der Waals surface area contributed by atoms with Gasteiger partial charge in [-0.15, -0.1) is 0 Å². The largest absolute Gasteiger partial charge is 0.489 e. The molecule has 2 aromatic heterocycles. The van der Waals surface area contributed by atoms with Gasteiger partial charge in [0.15, 0.2) is 5.69 Å². The van der Waals surface area contributed by atoms with Crippen LogP contribution in [-0.4, -0.2) is 37.7 Å². The van der Waals surface area contributed by atoms with Crippen LogP contribution in [0, 0.1) is 6.92 Å². The molecule has 0 bridgehead atoms. The summed E-state index contributed by atoms with van der Waals surface area (Å²) in [6.07, 6.45) is 3.40. The highest BCUT2D eigenvalue weighted by atomic mass is 35.5. The molecular formula is C21H21ClN4O4. The zero-order valence-electron chi connectivity index (χ0n) is 17.0. The number of aromatic nitrogens is 4. The van der Waals surface area contributed by atoms with E-state index < -0.39 is 23.1 Å². The first kappa shape index (κ1) is 21.4. The quantitative estimate of drug-likeness (QED) is 0.642. The molecule has 1 aromatic carbocycles. The van der Waals surface area contributed by atoms with Gasteiger partial charge in [-0.3, -0.25) is 9.36 Å². The number of aromatic carboxylic acids is 1. The lowest BCUT2D eigenvalue weighted by atomic mass is 9.82. The molecule has 0 saturated carbocycles. The van der Waals surface area contributed by atoms with E-state index in [1.54, 1.807) is 25.4 Å². The van der Waals surface area contributed by atoms with E-state index in [9.17, 15) is 14.7 Å². The summed E-state index contributed by atoms with van der Waals surface area (Å²) in [5.74, 6) is -1.55. The normalized spacial score (nSPS) is 13.0. The van der Waals surface area contributed by atoms with Crippen LogP contribution in [-0.2, 0) is 7.05 Å². The van der Waals surface area contributed by atoms with Gasteiger partial charge in [0.05, 0.1) is 7.11 Å². The highest BCUT2D eigenvalue weighted by Crippen LogP contribution is 2.40. The van der Waals surface area contributed by atoms with Crippen molar-refractivity contribution in [3.8, 4) is 5.75 Å². The maximum atomic E-state index is 12.7. The molecule has 0 spiro atoms. The van der Waals surface area contributed by atoms with Crippen molar-refractivity contribution in [3.63, 3.8) is 0 Å². The number of rotatable bonds is 6. The molecule has 0 aliphatic rings. The number of nitrogens with zero attached hydrogens (tertiary/aromatic N) is 4. The summed E-state index contributed by atoms with van der Waals surface area (Å²) in [6.45, 7) is 3.64. The Labute approximate surface area is 178 Å². The molecule has 0 aliphatic heterocycles. The van der Waals surface area contributed by atoms with Gasteiger partial charge in [0.25, 0.3) is 5.56 Å². The number of carboxylic acid groups (broad SMARTS) is 1. The third-order valence-corrected chi connectivity index (χ3v) is 5.34. The Morgan fingerprint density at radius 2 is 1.87 bits per heavy atom. The molecule has 2 heterocycles. The molecule has 8 nitrogen and oxygen atoms in total. The fourth-order valence-corrected chi connectivity index (χ4v) is 3.76. The molecule has 0 fully saturated rings.